The molecule has 13 heavy (non-hydrogen) atoms. The molecule has 0 bridgehead atoms. The Morgan fingerprint density at radius 3 is 2.69 bits per heavy atom. The third-order valence-electron chi connectivity index (χ3n) is 2.42. The van der Waals surface area contributed by atoms with E-state index in [1.165, 1.54) is 0 Å². The summed E-state index contributed by atoms with van der Waals surface area (Å²) < 4.78 is 0. The lowest BCUT2D eigenvalue weighted by Crippen LogP contribution is -2.27. The summed E-state index contributed by atoms with van der Waals surface area (Å²) in [6.07, 6.45) is 1.25. The monoisotopic (exact) mass is 181 g/mol. The third-order valence-corrected chi connectivity index (χ3v) is 2.42. The lowest BCUT2D eigenvalue weighted by Gasteiger charge is -2.19. The number of Topliss-reactive ketones (excluding diaryl/α,β-unsaturated/α-hetero) is 2. The standard InChI is InChI=1S/C10H15NO2/c1-3-9(11)8-5-7(12)4-6(2)10(8)13/h6H,3-5,11H2,1-2H3/b9-8-. The van der Waals surface area contributed by atoms with Gasteiger partial charge in [0.1, 0.15) is 5.78 Å². The number of rotatable bonds is 1. The van der Waals surface area contributed by atoms with Crippen LogP contribution in [0.3, 0.4) is 0 Å². The van der Waals surface area contributed by atoms with Gasteiger partial charge in [-0.25, -0.2) is 0 Å². The molecule has 0 aliphatic heterocycles. The fourth-order valence-corrected chi connectivity index (χ4v) is 1.57. The van der Waals surface area contributed by atoms with Gasteiger partial charge in [0.2, 0.25) is 0 Å². The summed E-state index contributed by atoms with van der Waals surface area (Å²) in [5.41, 5.74) is 6.79. The molecule has 0 aromatic carbocycles. The molecule has 1 atom stereocenters. The van der Waals surface area contributed by atoms with E-state index in [4.69, 9.17) is 5.73 Å². The summed E-state index contributed by atoms with van der Waals surface area (Å²) in [6, 6.07) is 0. The molecule has 0 radical (unpaired) electrons. The zero-order chi connectivity index (χ0) is 10.0. The smallest absolute Gasteiger partial charge is 0.164 e. The minimum Gasteiger partial charge on any atom is -0.402 e. The van der Waals surface area contributed by atoms with Gasteiger partial charge in [-0.1, -0.05) is 13.8 Å². The Hall–Kier alpha value is -1.12. The van der Waals surface area contributed by atoms with Gasteiger partial charge in [0.25, 0.3) is 0 Å². The van der Waals surface area contributed by atoms with Crippen LogP contribution in [-0.2, 0) is 9.59 Å². The normalized spacial score (nSPS) is 27.7. The highest BCUT2D eigenvalue weighted by atomic mass is 16.1. The lowest BCUT2D eigenvalue weighted by atomic mass is 9.83. The zero-order valence-corrected chi connectivity index (χ0v) is 8.09. The van der Waals surface area contributed by atoms with Crippen LogP contribution in [0.4, 0.5) is 0 Å². The Morgan fingerprint density at radius 1 is 1.54 bits per heavy atom. The van der Waals surface area contributed by atoms with Crippen LogP contribution < -0.4 is 5.73 Å². The average Bonchev–Trinajstić information content (AvgIpc) is 2.10. The van der Waals surface area contributed by atoms with E-state index in [1.54, 1.807) is 6.92 Å². The maximum atomic E-state index is 11.6. The Morgan fingerprint density at radius 2 is 2.15 bits per heavy atom. The summed E-state index contributed by atoms with van der Waals surface area (Å²) in [7, 11) is 0. The fourth-order valence-electron chi connectivity index (χ4n) is 1.57. The van der Waals surface area contributed by atoms with E-state index in [9.17, 15) is 9.59 Å². The van der Waals surface area contributed by atoms with Gasteiger partial charge in [0.15, 0.2) is 5.78 Å². The molecule has 3 heteroatoms. The average molecular weight is 181 g/mol. The molecule has 0 saturated heterocycles. The molecule has 1 aliphatic carbocycles. The van der Waals surface area contributed by atoms with Crippen LogP contribution in [0.5, 0.6) is 0 Å². The summed E-state index contributed by atoms with van der Waals surface area (Å²) in [6.45, 7) is 3.67. The number of carbonyl (C=O) groups is 2. The Labute approximate surface area is 78.0 Å². The molecule has 3 nitrogen and oxygen atoms in total. The first-order chi connectivity index (χ1) is 6.06. The minimum atomic E-state index is -0.179. The molecule has 1 rings (SSSR count). The zero-order valence-electron chi connectivity index (χ0n) is 8.09. The Balaban J connectivity index is 2.97. The van der Waals surface area contributed by atoms with Gasteiger partial charge in [0, 0.05) is 30.0 Å². The van der Waals surface area contributed by atoms with Gasteiger partial charge in [-0.15, -0.1) is 0 Å². The maximum Gasteiger partial charge on any atom is 0.164 e. The fraction of sp³-hybridized carbons (Fsp3) is 0.600. The number of carbonyl (C=O) groups excluding carboxylic acids is 2. The number of hydrogen-bond donors (Lipinski definition) is 1. The minimum absolute atomic E-state index is 0.0546. The second-order valence-electron chi connectivity index (χ2n) is 3.54. The van der Waals surface area contributed by atoms with Crippen molar-refractivity contribution in [3.05, 3.63) is 11.3 Å². The van der Waals surface area contributed by atoms with E-state index in [1.807, 2.05) is 6.92 Å². The number of ketones is 2. The first-order valence-electron chi connectivity index (χ1n) is 4.59. The van der Waals surface area contributed by atoms with E-state index in [0.717, 1.165) is 0 Å². The molecule has 0 aromatic heterocycles. The van der Waals surface area contributed by atoms with Crippen LogP contribution in [-0.4, -0.2) is 11.6 Å². The molecular formula is C10H15NO2. The molecule has 1 saturated carbocycles. The van der Waals surface area contributed by atoms with Crippen LogP contribution >= 0.6 is 0 Å². The first-order valence-corrected chi connectivity index (χ1v) is 4.59. The molecule has 0 spiro atoms. The predicted octanol–water partition coefficient (Wildman–Crippen LogP) is 1.18. The van der Waals surface area contributed by atoms with Crippen molar-refractivity contribution in [2.45, 2.75) is 33.1 Å². The van der Waals surface area contributed by atoms with Crippen molar-refractivity contribution >= 4 is 11.6 Å². The van der Waals surface area contributed by atoms with Gasteiger partial charge < -0.3 is 5.73 Å². The quantitative estimate of drug-likeness (QED) is 0.618. The largest absolute Gasteiger partial charge is 0.402 e. The lowest BCUT2D eigenvalue weighted by molar-refractivity contribution is -0.128. The highest BCUT2D eigenvalue weighted by Gasteiger charge is 2.29. The second kappa shape index (κ2) is 3.73. The molecule has 1 unspecified atom stereocenters. The molecule has 0 heterocycles. The summed E-state index contributed by atoms with van der Waals surface area (Å²) in [4.78, 5) is 22.8. The van der Waals surface area contributed by atoms with Crippen LogP contribution in [0.15, 0.2) is 11.3 Å². The molecule has 0 aromatic rings. The Bertz CT molecular complexity index is 279. The van der Waals surface area contributed by atoms with Crippen LogP contribution in [0, 0.1) is 5.92 Å². The van der Waals surface area contributed by atoms with Crippen molar-refractivity contribution in [3.63, 3.8) is 0 Å². The summed E-state index contributed by atoms with van der Waals surface area (Å²) in [5, 5.41) is 0. The molecular weight excluding hydrogens is 166 g/mol. The maximum absolute atomic E-state index is 11.6. The number of allylic oxidation sites excluding steroid dienone is 2. The molecule has 72 valence electrons. The van der Waals surface area contributed by atoms with Gasteiger partial charge >= 0.3 is 0 Å². The second-order valence-corrected chi connectivity index (χ2v) is 3.54. The van der Waals surface area contributed by atoms with E-state index >= 15 is 0 Å². The first kappa shape index (κ1) is 9.96. The Kier molecular flexibility index (Phi) is 2.86. The van der Waals surface area contributed by atoms with E-state index in [0.29, 0.717) is 24.1 Å². The van der Waals surface area contributed by atoms with E-state index in [2.05, 4.69) is 0 Å². The number of nitrogens with two attached hydrogens (primary N) is 1. The van der Waals surface area contributed by atoms with Gasteiger partial charge in [-0.3, -0.25) is 9.59 Å². The number of hydrogen-bond acceptors (Lipinski definition) is 3. The van der Waals surface area contributed by atoms with Crippen LogP contribution in [0.2, 0.25) is 0 Å². The summed E-state index contributed by atoms with van der Waals surface area (Å²) in [5.74, 6) is -0.00111. The van der Waals surface area contributed by atoms with Crippen molar-refractivity contribution in [2.24, 2.45) is 11.7 Å². The van der Waals surface area contributed by atoms with Crippen molar-refractivity contribution < 1.29 is 9.59 Å². The summed E-state index contributed by atoms with van der Waals surface area (Å²) >= 11 is 0. The SMILES string of the molecule is CC/C(N)=C1\CC(=O)CC(C)C1=O. The van der Waals surface area contributed by atoms with Gasteiger partial charge in [-0.2, -0.15) is 0 Å². The van der Waals surface area contributed by atoms with Crippen molar-refractivity contribution in [2.75, 3.05) is 0 Å². The van der Waals surface area contributed by atoms with Gasteiger partial charge in [-0.05, 0) is 6.42 Å². The van der Waals surface area contributed by atoms with Gasteiger partial charge in [0.05, 0.1) is 0 Å². The van der Waals surface area contributed by atoms with E-state index < -0.39 is 0 Å². The highest BCUT2D eigenvalue weighted by molar-refractivity contribution is 6.07. The van der Waals surface area contributed by atoms with Crippen molar-refractivity contribution in [3.8, 4) is 0 Å². The van der Waals surface area contributed by atoms with Crippen molar-refractivity contribution in [1.29, 1.82) is 0 Å². The molecule has 1 aliphatic rings. The van der Waals surface area contributed by atoms with E-state index in [-0.39, 0.29) is 23.9 Å². The van der Waals surface area contributed by atoms with Crippen LogP contribution in [0.25, 0.3) is 0 Å². The predicted molar refractivity (Wildman–Crippen MR) is 49.9 cm³/mol. The van der Waals surface area contributed by atoms with Crippen LogP contribution in [0.1, 0.15) is 33.1 Å². The highest BCUT2D eigenvalue weighted by Crippen LogP contribution is 2.24. The molecule has 1 fully saturated rings. The topological polar surface area (TPSA) is 60.2 Å². The van der Waals surface area contributed by atoms with Crippen molar-refractivity contribution in [1.82, 2.24) is 0 Å². The third kappa shape index (κ3) is 1.97. The molecule has 0 amide bonds. The molecule has 2 N–H and O–H groups in total.